The Morgan fingerprint density at radius 3 is 2.44 bits per heavy atom. The largest absolute Gasteiger partial charge is 0.461 e. The standard InChI is InChI=1S/C20H18O4S/c21-18(23-14-15-7-3-1-4-8-15)12-11-16-13-19(24-20(16)22)25-17-9-5-2-6-10-17/h1-10,13,19H,11-12,14H2. The number of hydrogen-bond donors (Lipinski definition) is 0. The Kier molecular flexibility index (Phi) is 5.90. The molecule has 25 heavy (non-hydrogen) atoms. The average Bonchev–Trinajstić information content (AvgIpc) is 2.99. The summed E-state index contributed by atoms with van der Waals surface area (Å²) in [6, 6.07) is 19.2. The minimum atomic E-state index is -0.357. The minimum Gasteiger partial charge on any atom is -0.461 e. The fourth-order valence-electron chi connectivity index (χ4n) is 2.37. The van der Waals surface area contributed by atoms with E-state index >= 15 is 0 Å². The Labute approximate surface area is 150 Å². The predicted octanol–water partition coefficient (Wildman–Crippen LogP) is 4.11. The third-order valence-corrected chi connectivity index (χ3v) is 4.67. The van der Waals surface area contributed by atoms with Crippen LogP contribution >= 0.6 is 11.8 Å². The zero-order chi connectivity index (χ0) is 17.5. The summed E-state index contributed by atoms with van der Waals surface area (Å²) in [5.74, 6) is -0.680. The van der Waals surface area contributed by atoms with E-state index in [0.717, 1.165) is 10.5 Å². The van der Waals surface area contributed by atoms with E-state index in [4.69, 9.17) is 9.47 Å². The van der Waals surface area contributed by atoms with Gasteiger partial charge in [-0.05, 0) is 30.2 Å². The number of carbonyl (C=O) groups excluding carboxylic acids is 2. The van der Waals surface area contributed by atoms with Crippen LogP contribution in [0.2, 0.25) is 0 Å². The molecule has 0 radical (unpaired) electrons. The van der Waals surface area contributed by atoms with Crippen LogP contribution in [0, 0.1) is 0 Å². The van der Waals surface area contributed by atoms with E-state index in [0.29, 0.717) is 12.0 Å². The number of rotatable bonds is 7. The van der Waals surface area contributed by atoms with Gasteiger partial charge in [-0.15, -0.1) is 0 Å². The Bertz CT molecular complexity index is 756. The molecule has 0 saturated carbocycles. The van der Waals surface area contributed by atoms with Crippen LogP contribution in [0.15, 0.2) is 77.2 Å². The Hall–Kier alpha value is -2.53. The van der Waals surface area contributed by atoms with Crippen molar-refractivity contribution in [2.24, 2.45) is 0 Å². The van der Waals surface area contributed by atoms with Crippen molar-refractivity contribution in [3.63, 3.8) is 0 Å². The third-order valence-electron chi connectivity index (χ3n) is 3.66. The Balaban J connectivity index is 1.46. The average molecular weight is 354 g/mol. The summed E-state index contributed by atoms with van der Waals surface area (Å²) in [5, 5.41) is 0. The molecule has 3 rings (SSSR count). The first-order chi connectivity index (χ1) is 12.2. The van der Waals surface area contributed by atoms with Crippen LogP contribution in [0.1, 0.15) is 18.4 Å². The molecular weight excluding hydrogens is 336 g/mol. The van der Waals surface area contributed by atoms with Crippen molar-refractivity contribution in [1.82, 2.24) is 0 Å². The zero-order valence-electron chi connectivity index (χ0n) is 13.6. The molecular formula is C20H18O4S. The molecule has 0 spiro atoms. The van der Waals surface area contributed by atoms with Gasteiger partial charge in [0.05, 0.1) is 0 Å². The monoisotopic (exact) mass is 354 g/mol. The second-order valence-electron chi connectivity index (χ2n) is 5.54. The summed E-state index contributed by atoms with van der Waals surface area (Å²) in [6.45, 7) is 0.246. The van der Waals surface area contributed by atoms with Gasteiger partial charge in [-0.1, -0.05) is 60.3 Å². The Morgan fingerprint density at radius 2 is 1.72 bits per heavy atom. The van der Waals surface area contributed by atoms with Crippen LogP contribution in [0.5, 0.6) is 0 Å². The molecule has 0 aromatic heterocycles. The van der Waals surface area contributed by atoms with Crippen LogP contribution in [-0.2, 0) is 25.7 Å². The quantitative estimate of drug-likeness (QED) is 0.700. The van der Waals surface area contributed by atoms with Crippen molar-refractivity contribution < 1.29 is 19.1 Å². The van der Waals surface area contributed by atoms with Gasteiger partial charge in [-0.3, -0.25) is 4.79 Å². The molecule has 1 heterocycles. The van der Waals surface area contributed by atoms with Gasteiger partial charge in [-0.25, -0.2) is 4.79 Å². The smallest absolute Gasteiger partial charge is 0.335 e. The minimum absolute atomic E-state index is 0.163. The van der Waals surface area contributed by atoms with E-state index in [2.05, 4.69) is 0 Å². The van der Waals surface area contributed by atoms with Crippen LogP contribution in [0.25, 0.3) is 0 Å². The highest BCUT2D eigenvalue weighted by atomic mass is 32.2. The summed E-state index contributed by atoms with van der Waals surface area (Å²) in [6.07, 6.45) is 2.28. The van der Waals surface area contributed by atoms with Crippen molar-refractivity contribution in [3.05, 3.63) is 77.9 Å². The molecule has 1 unspecified atom stereocenters. The number of benzene rings is 2. The van der Waals surface area contributed by atoms with E-state index in [1.807, 2.05) is 60.7 Å². The number of esters is 2. The van der Waals surface area contributed by atoms with Crippen molar-refractivity contribution in [1.29, 1.82) is 0 Å². The van der Waals surface area contributed by atoms with Gasteiger partial charge in [0.15, 0.2) is 5.44 Å². The second-order valence-corrected chi connectivity index (χ2v) is 6.71. The third kappa shape index (κ3) is 5.22. The molecule has 1 aliphatic heterocycles. The van der Waals surface area contributed by atoms with Crippen LogP contribution in [-0.4, -0.2) is 17.4 Å². The summed E-state index contributed by atoms with van der Waals surface area (Å²) < 4.78 is 10.5. The summed E-state index contributed by atoms with van der Waals surface area (Å²) in [7, 11) is 0. The van der Waals surface area contributed by atoms with Crippen molar-refractivity contribution in [3.8, 4) is 0 Å². The molecule has 5 heteroatoms. The first kappa shape index (κ1) is 17.3. The highest BCUT2D eigenvalue weighted by Crippen LogP contribution is 2.31. The first-order valence-electron chi connectivity index (χ1n) is 8.03. The lowest BCUT2D eigenvalue weighted by molar-refractivity contribution is -0.144. The lowest BCUT2D eigenvalue weighted by atomic mass is 10.1. The van der Waals surface area contributed by atoms with E-state index in [1.165, 1.54) is 11.8 Å². The number of carbonyl (C=O) groups is 2. The van der Waals surface area contributed by atoms with Crippen molar-refractivity contribution in [2.45, 2.75) is 29.8 Å². The molecule has 0 saturated heterocycles. The Morgan fingerprint density at radius 1 is 1.04 bits per heavy atom. The molecule has 0 amide bonds. The number of ether oxygens (including phenoxy) is 2. The topological polar surface area (TPSA) is 52.6 Å². The molecule has 0 fully saturated rings. The molecule has 1 aliphatic rings. The lowest BCUT2D eigenvalue weighted by Gasteiger charge is -2.06. The van der Waals surface area contributed by atoms with Crippen molar-refractivity contribution in [2.75, 3.05) is 0 Å². The zero-order valence-corrected chi connectivity index (χ0v) is 14.4. The van der Waals surface area contributed by atoms with Crippen LogP contribution in [0.4, 0.5) is 0 Å². The van der Waals surface area contributed by atoms with Gasteiger partial charge < -0.3 is 9.47 Å². The fourth-order valence-corrected chi connectivity index (χ4v) is 3.32. The molecule has 128 valence electrons. The molecule has 2 aromatic rings. The number of thioether (sulfide) groups is 1. The van der Waals surface area contributed by atoms with Gasteiger partial charge in [-0.2, -0.15) is 0 Å². The second kappa shape index (κ2) is 8.53. The fraction of sp³-hybridized carbons (Fsp3) is 0.200. The highest BCUT2D eigenvalue weighted by Gasteiger charge is 2.26. The molecule has 0 N–H and O–H groups in total. The predicted molar refractivity (Wildman–Crippen MR) is 95.7 cm³/mol. The maximum absolute atomic E-state index is 11.9. The summed E-state index contributed by atoms with van der Waals surface area (Å²) in [4.78, 5) is 24.8. The lowest BCUT2D eigenvalue weighted by Crippen LogP contribution is -2.08. The van der Waals surface area contributed by atoms with Crippen LogP contribution in [0.3, 0.4) is 0 Å². The van der Waals surface area contributed by atoms with E-state index in [-0.39, 0.29) is 30.4 Å². The summed E-state index contributed by atoms with van der Waals surface area (Å²) in [5.41, 5.74) is 1.13. The SMILES string of the molecule is O=C(CCC1=CC(Sc2ccccc2)OC1=O)OCc1ccccc1. The van der Waals surface area contributed by atoms with Gasteiger partial charge >= 0.3 is 11.9 Å². The highest BCUT2D eigenvalue weighted by molar-refractivity contribution is 8.00. The van der Waals surface area contributed by atoms with Gasteiger partial charge in [0.1, 0.15) is 6.61 Å². The van der Waals surface area contributed by atoms with Crippen LogP contribution < -0.4 is 0 Å². The van der Waals surface area contributed by atoms with Gasteiger partial charge in [0, 0.05) is 16.9 Å². The first-order valence-corrected chi connectivity index (χ1v) is 8.91. The van der Waals surface area contributed by atoms with E-state index in [1.54, 1.807) is 6.08 Å². The molecule has 0 aliphatic carbocycles. The normalized spacial score (nSPS) is 16.2. The molecule has 4 nitrogen and oxygen atoms in total. The maximum Gasteiger partial charge on any atom is 0.335 e. The maximum atomic E-state index is 11.9. The van der Waals surface area contributed by atoms with E-state index in [9.17, 15) is 9.59 Å². The molecule has 2 aromatic carbocycles. The van der Waals surface area contributed by atoms with Crippen molar-refractivity contribution >= 4 is 23.7 Å². The molecule has 1 atom stereocenters. The molecule has 0 bridgehead atoms. The van der Waals surface area contributed by atoms with E-state index < -0.39 is 0 Å². The number of hydrogen-bond acceptors (Lipinski definition) is 5. The van der Waals surface area contributed by atoms with Gasteiger partial charge in [0.2, 0.25) is 0 Å². The summed E-state index contributed by atoms with van der Waals surface area (Å²) >= 11 is 1.46. The number of cyclic esters (lactones) is 1. The van der Waals surface area contributed by atoms with Gasteiger partial charge in [0.25, 0.3) is 0 Å².